The Bertz CT molecular complexity index is 932. The Morgan fingerprint density at radius 3 is 2.84 bits per heavy atom. The molecule has 1 unspecified atom stereocenters. The van der Waals surface area contributed by atoms with Crippen molar-refractivity contribution >= 4 is 16.9 Å². The van der Waals surface area contributed by atoms with E-state index in [0.717, 1.165) is 24.5 Å². The van der Waals surface area contributed by atoms with E-state index in [1.54, 1.807) is 6.07 Å². The van der Waals surface area contributed by atoms with Crippen LogP contribution in [-0.2, 0) is 12.6 Å². The molecule has 3 aromatic rings. The monoisotopic (exact) mass is 350 g/mol. The molecule has 2 heterocycles. The molecule has 0 saturated carbocycles. The zero-order valence-corrected chi connectivity index (χ0v) is 13.0. The van der Waals surface area contributed by atoms with Crippen molar-refractivity contribution in [3.05, 3.63) is 53.2 Å². The standard InChI is InChI=1S/C17H14F4N4/c18-12-5-1-4-10-9(12)3-2-6-13(10)24-15-11-7-14(17(19,20)21)25-16(11)23-8-22-15/h1,4-5,7-8,13H,2-3,6H2,(H2,22,23,24,25). The minimum absolute atomic E-state index is 0.111. The quantitative estimate of drug-likeness (QED) is 0.664. The molecular formula is C17H14F4N4. The van der Waals surface area contributed by atoms with Crippen LogP contribution < -0.4 is 5.32 Å². The average molecular weight is 350 g/mol. The van der Waals surface area contributed by atoms with Gasteiger partial charge in [-0.15, -0.1) is 0 Å². The number of H-pyrrole nitrogens is 1. The third-order valence-electron chi connectivity index (χ3n) is 4.49. The fourth-order valence-electron chi connectivity index (χ4n) is 3.33. The van der Waals surface area contributed by atoms with Crippen molar-refractivity contribution in [2.45, 2.75) is 31.5 Å². The molecule has 4 nitrogen and oxygen atoms in total. The summed E-state index contributed by atoms with van der Waals surface area (Å²) in [6.45, 7) is 0. The van der Waals surface area contributed by atoms with E-state index in [-0.39, 0.29) is 22.9 Å². The van der Waals surface area contributed by atoms with Crippen LogP contribution in [0.3, 0.4) is 0 Å². The molecule has 0 saturated heterocycles. The lowest BCUT2D eigenvalue weighted by Gasteiger charge is -2.27. The molecule has 1 atom stereocenters. The first-order valence-corrected chi connectivity index (χ1v) is 7.88. The van der Waals surface area contributed by atoms with Crippen molar-refractivity contribution in [2.75, 3.05) is 5.32 Å². The summed E-state index contributed by atoms with van der Waals surface area (Å²) in [5.74, 6) is 0.0525. The van der Waals surface area contributed by atoms with Crippen LogP contribution in [0.2, 0.25) is 0 Å². The van der Waals surface area contributed by atoms with Crippen molar-refractivity contribution in [3.8, 4) is 0 Å². The first-order chi connectivity index (χ1) is 11.9. The van der Waals surface area contributed by atoms with Crippen molar-refractivity contribution in [1.82, 2.24) is 15.0 Å². The highest BCUT2D eigenvalue weighted by Crippen LogP contribution is 2.36. The fraction of sp³-hybridized carbons (Fsp3) is 0.294. The zero-order valence-electron chi connectivity index (χ0n) is 13.0. The Kier molecular flexibility index (Phi) is 3.63. The number of fused-ring (bicyclic) bond motifs is 2. The van der Waals surface area contributed by atoms with E-state index in [4.69, 9.17) is 0 Å². The summed E-state index contributed by atoms with van der Waals surface area (Å²) < 4.78 is 52.7. The molecule has 0 amide bonds. The molecule has 1 aliphatic carbocycles. The van der Waals surface area contributed by atoms with Gasteiger partial charge in [-0.05, 0) is 42.5 Å². The Labute approximate surface area is 140 Å². The van der Waals surface area contributed by atoms with Crippen LogP contribution in [0, 0.1) is 5.82 Å². The van der Waals surface area contributed by atoms with Crippen molar-refractivity contribution in [3.63, 3.8) is 0 Å². The second-order valence-corrected chi connectivity index (χ2v) is 6.06. The van der Waals surface area contributed by atoms with Gasteiger partial charge in [-0.1, -0.05) is 12.1 Å². The van der Waals surface area contributed by atoms with Crippen molar-refractivity contribution < 1.29 is 17.6 Å². The van der Waals surface area contributed by atoms with Gasteiger partial charge in [0.05, 0.1) is 11.4 Å². The fourth-order valence-corrected chi connectivity index (χ4v) is 3.33. The molecule has 25 heavy (non-hydrogen) atoms. The Morgan fingerprint density at radius 1 is 1.20 bits per heavy atom. The molecule has 130 valence electrons. The first-order valence-electron chi connectivity index (χ1n) is 7.88. The molecule has 0 aliphatic heterocycles. The van der Waals surface area contributed by atoms with Gasteiger partial charge in [0.2, 0.25) is 0 Å². The number of halogens is 4. The van der Waals surface area contributed by atoms with Gasteiger partial charge in [-0.2, -0.15) is 13.2 Å². The van der Waals surface area contributed by atoms with Crippen LogP contribution in [0.5, 0.6) is 0 Å². The molecule has 1 aliphatic rings. The lowest BCUT2D eigenvalue weighted by atomic mass is 9.87. The first kappa shape index (κ1) is 15.9. The number of hydrogen-bond donors (Lipinski definition) is 2. The molecule has 2 aromatic heterocycles. The highest BCUT2D eigenvalue weighted by molar-refractivity contribution is 5.88. The Balaban J connectivity index is 1.73. The van der Waals surface area contributed by atoms with Crippen LogP contribution in [0.4, 0.5) is 23.4 Å². The molecule has 4 rings (SSSR count). The number of rotatable bonds is 2. The predicted molar refractivity (Wildman–Crippen MR) is 84.6 cm³/mol. The van der Waals surface area contributed by atoms with Crippen LogP contribution >= 0.6 is 0 Å². The Morgan fingerprint density at radius 2 is 2.04 bits per heavy atom. The van der Waals surface area contributed by atoms with Crippen molar-refractivity contribution in [2.24, 2.45) is 0 Å². The number of aromatic amines is 1. The molecule has 0 bridgehead atoms. The smallest absolute Gasteiger partial charge is 0.363 e. The summed E-state index contributed by atoms with van der Waals surface area (Å²) in [5, 5.41) is 3.43. The minimum atomic E-state index is -4.49. The largest absolute Gasteiger partial charge is 0.431 e. The molecule has 1 aromatic carbocycles. The lowest BCUT2D eigenvalue weighted by molar-refractivity contribution is -0.140. The van der Waals surface area contributed by atoms with Gasteiger partial charge in [0, 0.05) is 0 Å². The number of hydrogen-bond acceptors (Lipinski definition) is 3. The van der Waals surface area contributed by atoms with Crippen LogP contribution in [0.15, 0.2) is 30.6 Å². The number of aromatic nitrogens is 3. The molecule has 0 fully saturated rings. The highest BCUT2D eigenvalue weighted by atomic mass is 19.4. The summed E-state index contributed by atoms with van der Waals surface area (Å²) in [4.78, 5) is 10.2. The Hall–Kier alpha value is -2.64. The second kappa shape index (κ2) is 5.72. The summed E-state index contributed by atoms with van der Waals surface area (Å²) in [7, 11) is 0. The van der Waals surface area contributed by atoms with E-state index < -0.39 is 11.9 Å². The molecule has 8 heteroatoms. The summed E-state index contributed by atoms with van der Waals surface area (Å²) >= 11 is 0. The molecule has 0 spiro atoms. The summed E-state index contributed by atoms with van der Waals surface area (Å²) in [5.41, 5.74) is 0.715. The molecular weight excluding hydrogens is 336 g/mol. The van der Waals surface area contributed by atoms with Gasteiger partial charge >= 0.3 is 6.18 Å². The number of nitrogens with zero attached hydrogens (tertiary/aromatic N) is 2. The predicted octanol–water partition coefficient (Wildman–Crippen LogP) is 4.61. The third kappa shape index (κ3) is 2.81. The van der Waals surface area contributed by atoms with E-state index in [0.29, 0.717) is 17.8 Å². The topological polar surface area (TPSA) is 53.6 Å². The number of benzene rings is 1. The maximum atomic E-state index is 14.0. The maximum absolute atomic E-state index is 14.0. The van der Waals surface area contributed by atoms with Gasteiger partial charge in [0.15, 0.2) is 0 Å². The zero-order chi connectivity index (χ0) is 17.6. The van der Waals surface area contributed by atoms with E-state index in [9.17, 15) is 17.6 Å². The van der Waals surface area contributed by atoms with Gasteiger partial charge < -0.3 is 10.3 Å². The molecule has 0 radical (unpaired) electrons. The van der Waals surface area contributed by atoms with Gasteiger partial charge in [0.25, 0.3) is 0 Å². The second-order valence-electron chi connectivity index (χ2n) is 6.06. The SMILES string of the molecule is Fc1cccc2c1CCCC2Nc1ncnc2[nH]c(C(F)(F)F)cc12. The lowest BCUT2D eigenvalue weighted by Crippen LogP contribution is -2.19. The van der Waals surface area contributed by atoms with E-state index in [1.807, 2.05) is 6.07 Å². The molecule has 2 N–H and O–H groups in total. The van der Waals surface area contributed by atoms with Crippen LogP contribution in [0.25, 0.3) is 11.0 Å². The van der Waals surface area contributed by atoms with Gasteiger partial charge in [0.1, 0.15) is 29.3 Å². The van der Waals surface area contributed by atoms with Crippen LogP contribution in [-0.4, -0.2) is 15.0 Å². The van der Waals surface area contributed by atoms with E-state index >= 15 is 0 Å². The number of anilines is 1. The van der Waals surface area contributed by atoms with Crippen molar-refractivity contribution in [1.29, 1.82) is 0 Å². The highest BCUT2D eigenvalue weighted by Gasteiger charge is 2.33. The van der Waals surface area contributed by atoms with Gasteiger partial charge in [-0.3, -0.25) is 0 Å². The van der Waals surface area contributed by atoms with E-state index in [2.05, 4.69) is 20.3 Å². The third-order valence-corrected chi connectivity index (χ3v) is 4.49. The number of alkyl halides is 3. The number of nitrogens with one attached hydrogen (secondary N) is 2. The van der Waals surface area contributed by atoms with Gasteiger partial charge in [-0.25, -0.2) is 14.4 Å². The maximum Gasteiger partial charge on any atom is 0.431 e. The normalized spacial score (nSPS) is 17.5. The minimum Gasteiger partial charge on any atom is -0.363 e. The summed E-state index contributed by atoms with van der Waals surface area (Å²) in [6, 6.07) is 5.69. The van der Waals surface area contributed by atoms with Crippen LogP contribution in [0.1, 0.15) is 35.7 Å². The summed E-state index contributed by atoms with van der Waals surface area (Å²) in [6.07, 6.45) is -1.09. The van der Waals surface area contributed by atoms with E-state index in [1.165, 1.54) is 12.4 Å². The average Bonchev–Trinajstić information content (AvgIpc) is 3.01.